The minimum absolute atomic E-state index is 0.266. The smallest absolute Gasteiger partial charge is 0.411 e. The first-order valence-electron chi connectivity index (χ1n) is 10.1. The van der Waals surface area contributed by atoms with E-state index in [1.807, 2.05) is 30.3 Å². The molecule has 3 aromatic carbocycles. The number of halogens is 2. The van der Waals surface area contributed by atoms with Gasteiger partial charge in [-0.3, -0.25) is 5.32 Å². The van der Waals surface area contributed by atoms with Gasteiger partial charge in [-0.1, -0.05) is 42.4 Å². The van der Waals surface area contributed by atoms with E-state index < -0.39 is 6.09 Å². The van der Waals surface area contributed by atoms with Crippen molar-refractivity contribution in [2.24, 2.45) is 0 Å². The van der Waals surface area contributed by atoms with Crippen LogP contribution in [0.2, 0.25) is 5.02 Å². The zero-order valence-electron chi connectivity index (χ0n) is 17.8. The second kappa shape index (κ2) is 10.7. The first-order chi connectivity index (χ1) is 15.4. The van der Waals surface area contributed by atoms with Gasteiger partial charge in [-0.25, -0.2) is 9.18 Å². The van der Waals surface area contributed by atoms with E-state index in [4.69, 9.17) is 22.1 Å². The third-order valence-electron chi connectivity index (χ3n) is 4.83. The number of nitrogens with zero attached hydrogens (tertiary/aromatic N) is 1. The van der Waals surface area contributed by atoms with E-state index >= 15 is 0 Å². The Morgan fingerprint density at radius 1 is 1.12 bits per heavy atom. The number of nitrogens with one attached hydrogen (secondary N) is 1. The number of carbonyl (C=O) groups is 1. The van der Waals surface area contributed by atoms with E-state index in [1.54, 1.807) is 31.2 Å². The number of hydrogen-bond donors (Lipinski definition) is 2. The maximum atomic E-state index is 13.4. The molecule has 0 spiro atoms. The molecular formula is C25H25ClFN3O2. The molecule has 7 heteroatoms. The highest BCUT2D eigenvalue weighted by Crippen LogP contribution is 2.29. The van der Waals surface area contributed by atoms with Crippen molar-refractivity contribution >= 4 is 40.3 Å². The molecule has 1 amide bonds. The Morgan fingerprint density at radius 2 is 1.81 bits per heavy atom. The molecule has 0 radical (unpaired) electrons. The lowest BCUT2D eigenvalue weighted by atomic mass is 10.1. The van der Waals surface area contributed by atoms with Gasteiger partial charge >= 0.3 is 6.09 Å². The Balaban J connectivity index is 1.86. The molecule has 3 aromatic rings. The maximum Gasteiger partial charge on any atom is 0.411 e. The van der Waals surface area contributed by atoms with Crippen LogP contribution in [0.3, 0.4) is 0 Å². The summed E-state index contributed by atoms with van der Waals surface area (Å²) in [6.45, 7) is 7.23. The Bertz CT molecular complexity index is 1090. The minimum atomic E-state index is -0.564. The second-order valence-corrected chi connectivity index (χ2v) is 7.65. The van der Waals surface area contributed by atoms with E-state index in [2.05, 4.69) is 16.8 Å². The molecule has 0 unspecified atom stereocenters. The highest BCUT2D eigenvalue weighted by molar-refractivity contribution is 6.30. The van der Waals surface area contributed by atoms with Crippen LogP contribution < -0.4 is 16.0 Å². The predicted molar refractivity (Wildman–Crippen MR) is 129 cm³/mol. The molecule has 0 bridgehead atoms. The SMILES string of the molecule is C=C(CN(Cc1ccc(F)cc1)c1ccc(NC(=O)OCC)c(N)c1)c1ccc(Cl)cc1. The van der Waals surface area contributed by atoms with Crippen LogP contribution in [0.1, 0.15) is 18.1 Å². The molecule has 3 N–H and O–H groups in total. The summed E-state index contributed by atoms with van der Waals surface area (Å²) >= 11 is 6.00. The average Bonchev–Trinajstić information content (AvgIpc) is 2.77. The van der Waals surface area contributed by atoms with Gasteiger partial charge in [0.05, 0.1) is 18.0 Å². The number of nitrogen functional groups attached to an aromatic ring is 1. The number of anilines is 3. The van der Waals surface area contributed by atoms with E-state index in [9.17, 15) is 9.18 Å². The molecule has 0 aliphatic heterocycles. The third kappa shape index (κ3) is 6.25. The Morgan fingerprint density at radius 3 is 2.44 bits per heavy atom. The molecule has 0 aromatic heterocycles. The Kier molecular flexibility index (Phi) is 7.73. The maximum absolute atomic E-state index is 13.4. The summed E-state index contributed by atoms with van der Waals surface area (Å²) in [4.78, 5) is 13.8. The summed E-state index contributed by atoms with van der Waals surface area (Å²) in [6.07, 6.45) is -0.564. The van der Waals surface area contributed by atoms with Crippen molar-refractivity contribution in [1.82, 2.24) is 0 Å². The first-order valence-corrected chi connectivity index (χ1v) is 10.5. The normalized spacial score (nSPS) is 10.5. The molecule has 3 rings (SSSR count). The molecule has 0 aliphatic carbocycles. The van der Waals surface area contributed by atoms with Crippen LogP contribution in [0.4, 0.5) is 26.2 Å². The Labute approximate surface area is 192 Å². The molecule has 0 heterocycles. The summed E-state index contributed by atoms with van der Waals surface area (Å²) in [6, 6.07) is 19.2. The second-order valence-electron chi connectivity index (χ2n) is 7.21. The molecule has 0 aliphatic rings. The molecule has 0 saturated heterocycles. The topological polar surface area (TPSA) is 67.6 Å². The van der Waals surface area contributed by atoms with Crippen molar-refractivity contribution in [2.45, 2.75) is 13.5 Å². The molecule has 0 fully saturated rings. The number of amides is 1. The predicted octanol–water partition coefficient (Wildman–Crippen LogP) is 6.35. The fourth-order valence-corrected chi connectivity index (χ4v) is 3.32. The number of rotatable bonds is 8. The summed E-state index contributed by atoms with van der Waals surface area (Å²) in [7, 11) is 0. The first kappa shape index (κ1) is 23.2. The van der Waals surface area contributed by atoms with Crippen LogP contribution in [0.15, 0.2) is 73.3 Å². The quantitative estimate of drug-likeness (QED) is 0.390. The van der Waals surface area contributed by atoms with Gasteiger partial charge in [0.2, 0.25) is 0 Å². The minimum Gasteiger partial charge on any atom is -0.450 e. The zero-order chi connectivity index (χ0) is 23.1. The molecule has 5 nitrogen and oxygen atoms in total. The van der Waals surface area contributed by atoms with Gasteiger partial charge in [-0.05, 0) is 66.1 Å². The van der Waals surface area contributed by atoms with Crippen LogP contribution >= 0.6 is 11.6 Å². The average molecular weight is 454 g/mol. The van der Waals surface area contributed by atoms with Crippen molar-refractivity contribution in [1.29, 1.82) is 0 Å². The van der Waals surface area contributed by atoms with Crippen LogP contribution in [-0.4, -0.2) is 19.2 Å². The van der Waals surface area contributed by atoms with Crippen LogP contribution in [0, 0.1) is 5.82 Å². The monoisotopic (exact) mass is 453 g/mol. The van der Waals surface area contributed by atoms with Gasteiger partial charge in [0.25, 0.3) is 0 Å². The van der Waals surface area contributed by atoms with Gasteiger partial charge < -0.3 is 15.4 Å². The van der Waals surface area contributed by atoms with E-state index in [-0.39, 0.29) is 12.4 Å². The standard InChI is InChI=1S/C25H25ClFN3O2/c1-3-32-25(31)29-24-13-12-22(14-23(24)28)30(16-18-4-10-21(27)11-5-18)15-17(2)19-6-8-20(26)9-7-19/h4-14H,2-3,15-16,28H2,1H3,(H,29,31). The highest BCUT2D eigenvalue weighted by Gasteiger charge is 2.14. The summed E-state index contributed by atoms with van der Waals surface area (Å²) in [5.74, 6) is -0.287. The lowest BCUT2D eigenvalue weighted by molar-refractivity contribution is 0.168. The van der Waals surface area contributed by atoms with Crippen molar-refractivity contribution in [2.75, 3.05) is 29.1 Å². The summed E-state index contributed by atoms with van der Waals surface area (Å²) in [5, 5.41) is 3.28. The lowest BCUT2D eigenvalue weighted by Crippen LogP contribution is -2.25. The largest absolute Gasteiger partial charge is 0.450 e. The van der Waals surface area contributed by atoms with Gasteiger partial charge in [0.15, 0.2) is 0 Å². The number of carbonyl (C=O) groups excluding carboxylic acids is 1. The molecule has 0 saturated carbocycles. The lowest BCUT2D eigenvalue weighted by Gasteiger charge is -2.27. The van der Waals surface area contributed by atoms with Gasteiger partial charge in [0, 0.05) is 23.8 Å². The fourth-order valence-electron chi connectivity index (χ4n) is 3.19. The number of benzene rings is 3. The van der Waals surface area contributed by atoms with Crippen molar-refractivity contribution in [3.05, 3.63) is 95.3 Å². The van der Waals surface area contributed by atoms with Crippen molar-refractivity contribution in [3.63, 3.8) is 0 Å². The molecule has 166 valence electrons. The van der Waals surface area contributed by atoms with Crippen molar-refractivity contribution in [3.8, 4) is 0 Å². The van der Waals surface area contributed by atoms with E-state index in [0.29, 0.717) is 29.5 Å². The van der Waals surface area contributed by atoms with Crippen LogP contribution in [0.5, 0.6) is 0 Å². The number of ether oxygens (including phenoxy) is 1. The summed E-state index contributed by atoms with van der Waals surface area (Å²) < 4.78 is 18.3. The number of hydrogen-bond acceptors (Lipinski definition) is 4. The number of nitrogens with two attached hydrogens (primary N) is 1. The summed E-state index contributed by atoms with van der Waals surface area (Å²) in [5.41, 5.74) is 10.7. The van der Waals surface area contributed by atoms with E-state index in [0.717, 1.165) is 22.4 Å². The van der Waals surface area contributed by atoms with Gasteiger partial charge in [-0.2, -0.15) is 0 Å². The molecular weight excluding hydrogens is 429 g/mol. The van der Waals surface area contributed by atoms with Gasteiger partial charge in [-0.15, -0.1) is 0 Å². The third-order valence-corrected chi connectivity index (χ3v) is 5.09. The van der Waals surface area contributed by atoms with Crippen LogP contribution in [-0.2, 0) is 11.3 Å². The molecule has 0 atom stereocenters. The Hall–Kier alpha value is -3.51. The zero-order valence-corrected chi connectivity index (χ0v) is 18.5. The van der Waals surface area contributed by atoms with Crippen LogP contribution in [0.25, 0.3) is 5.57 Å². The molecule has 32 heavy (non-hydrogen) atoms. The fraction of sp³-hybridized carbons (Fsp3) is 0.160. The van der Waals surface area contributed by atoms with Crippen molar-refractivity contribution < 1.29 is 13.9 Å². The highest BCUT2D eigenvalue weighted by atomic mass is 35.5. The van der Waals surface area contributed by atoms with E-state index in [1.165, 1.54) is 12.1 Å². The van der Waals surface area contributed by atoms with Gasteiger partial charge in [0.1, 0.15) is 5.82 Å².